The molecule has 1 aliphatic rings. The molecular formula is C29H27NO2S. The lowest BCUT2D eigenvalue weighted by molar-refractivity contribution is 0.0474. The van der Waals surface area contributed by atoms with Crippen LogP contribution in [0.15, 0.2) is 66.0 Å². The Balaban J connectivity index is 1.47. The molecule has 0 aliphatic heterocycles. The number of hydrogen-bond donors (Lipinski definition) is 0. The van der Waals surface area contributed by atoms with Crippen molar-refractivity contribution in [3.8, 4) is 0 Å². The number of rotatable bonds is 4. The summed E-state index contributed by atoms with van der Waals surface area (Å²) in [5.41, 5.74) is 6.97. The van der Waals surface area contributed by atoms with Crippen molar-refractivity contribution in [2.45, 2.75) is 45.6 Å². The number of nitrogens with zero attached hydrogens (tertiary/aromatic N) is 1. The van der Waals surface area contributed by atoms with E-state index in [9.17, 15) is 4.79 Å². The summed E-state index contributed by atoms with van der Waals surface area (Å²) >= 11 is 1.71. The molecule has 0 spiro atoms. The Morgan fingerprint density at radius 3 is 2.55 bits per heavy atom. The third kappa shape index (κ3) is 4.36. The van der Waals surface area contributed by atoms with Gasteiger partial charge >= 0.3 is 5.97 Å². The molecule has 3 nitrogen and oxygen atoms in total. The van der Waals surface area contributed by atoms with Crippen molar-refractivity contribution in [3.05, 3.63) is 98.9 Å². The number of esters is 1. The number of hydrogen-bond acceptors (Lipinski definition) is 4. The highest BCUT2D eigenvalue weighted by Gasteiger charge is 2.27. The first kappa shape index (κ1) is 21.6. The molecule has 2 aromatic heterocycles. The monoisotopic (exact) mass is 453 g/mol. The van der Waals surface area contributed by atoms with E-state index in [0.29, 0.717) is 5.56 Å². The zero-order valence-electron chi connectivity index (χ0n) is 19.2. The molecule has 0 saturated heterocycles. The first-order valence-corrected chi connectivity index (χ1v) is 12.2. The van der Waals surface area contributed by atoms with E-state index in [-0.39, 0.29) is 18.0 Å². The van der Waals surface area contributed by atoms with Gasteiger partial charge in [0.05, 0.1) is 16.8 Å². The molecule has 0 atom stereocenters. The van der Waals surface area contributed by atoms with Crippen LogP contribution in [0.25, 0.3) is 22.6 Å². The fourth-order valence-electron chi connectivity index (χ4n) is 4.38. The zero-order chi connectivity index (χ0) is 23.0. The van der Waals surface area contributed by atoms with Gasteiger partial charge in [-0.15, -0.1) is 11.3 Å². The van der Waals surface area contributed by atoms with Gasteiger partial charge in [0, 0.05) is 10.3 Å². The van der Waals surface area contributed by atoms with Crippen LogP contribution >= 0.6 is 11.3 Å². The number of thiophene rings is 1. The quantitative estimate of drug-likeness (QED) is 0.301. The highest BCUT2D eigenvalue weighted by molar-refractivity contribution is 7.10. The largest absolute Gasteiger partial charge is 0.457 e. The van der Waals surface area contributed by atoms with Gasteiger partial charge in [0.15, 0.2) is 0 Å². The molecule has 1 aliphatic carbocycles. The van der Waals surface area contributed by atoms with Gasteiger partial charge in [-0.25, -0.2) is 9.78 Å². The van der Waals surface area contributed by atoms with E-state index in [2.05, 4.69) is 56.5 Å². The maximum Gasteiger partial charge on any atom is 0.339 e. The van der Waals surface area contributed by atoms with E-state index >= 15 is 0 Å². The van der Waals surface area contributed by atoms with Crippen molar-refractivity contribution >= 4 is 39.9 Å². The lowest BCUT2D eigenvalue weighted by atomic mass is 9.87. The molecule has 33 heavy (non-hydrogen) atoms. The number of para-hydroxylation sites is 1. The molecule has 166 valence electrons. The summed E-state index contributed by atoms with van der Waals surface area (Å²) < 4.78 is 5.83. The minimum Gasteiger partial charge on any atom is -0.457 e. The highest BCUT2D eigenvalue weighted by atomic mass is 32.1. The molecule has 0 saturated carbocycles. The molecule has 4 heteroatoms. The SMILES string of the molecule is CC(C)(C)c1ccc(COC(=O)c2c3c(nc4ccccc24)C(=Cc2cccs2)CC3)cc1. The van der Waals surface area contributed by atoms with Gasteiger partial charge in [-0.05, 0) is 64.1 Å². The van der Waals surface area contributed by atoms with Crippen LogP contribution in [-0.2, 0) is 23.2 Å². The normalized spacial score (nSPS) is 14.6. The Morgan fingerprint density at radius 2 is 1.82 bits per heavy atom. The van der Waals surface area contributed by atoms with Crippen molar-refractivity contribution < 1.29 is 9.53 Å². The van der Waals surface area contributed by atoms with Crippen LogP contribution in [0.2, 0.25) is 0 Å². The predicted octanol–water partition coefficient (Wildman–Crippen LogP) is 7.44. The number of pyridine rings is 1. The van der Waals surface area contributed by atoms with Crippen molar-refractivity contribution in [1.29, 1.82) is 0 Å². The van der Waals surface area contributed by atoms with E-state index < -0.39 is 0 Å². The lowest BCUT2D eigenvalue weighted by Crippen LogP contribution is -2.12. The molecular weight excluding hydrogens is 426 g/mol. The molecule has 0 bridgehead atoms. The van der Waals surface area contributed by atoms with Crippen molar-refractivity contribution in [1.82, 2.24) is 4.98 Å². The van der Waals surface area contributed by atoms with Crippen LogP contribution in [0.5, 0.6) is 0 Å². The molecule has 0 N–H and O–H groups in total. The number of benzene rings is 2. The Hall–Kier alpha value is -3.24. The van der Waals surface area contributed by atoms with Crippen molar-refractivity contribution in [3.63, 3.8) is 0 Å². The smallest absolute Gasteiger partial charge is 0.339 e. The van der Waals surface area contributed by atoms with E-state index in [1.54, 1.807) is 11.3 Å². The van der Waals surface area contributed by atoms with Crippen LogP contribution in [-0.4, -0.2) is 11.0 Å². The number of ether oxygens (including phenoxy) is 1. The third-order valence-electron chi connectivity index (χ3n) is 6.20. The molecule has 0 amide bonds. The second kappa shape index (κ2) is 8.60. The van der Waals surface area contributed by atoms with Crippen molar-refractivity contribution in [2.75, 3.05) is 0 Å². The average Bonchev–Trinajstić information content (AvgIpc) is 3.46. The average molecular weight is 454 g/mol. The summed E-state index contributed by atoms with van der Waals surface area (Å²) in [6.45, 7) is 6.83. The summed E-state index contributed by atoms with van der Waals surface area (Å²) in [6, 6.07) is 20.3. The number of carbonyl (C=O) groups is 1. The van der Waals surface area contributed by atoms with E-state index in [1.165, 1.54) is 16.0 Å². The van der Waals surface area contributed by atoms with Gasteiger partial charge in [-0.3, -0.25) is 0 Å². The first-order valence-electron chi connectivity index (χ1n) is 11.3. The van der Waals surface area contributed by atoms with Gasteiger partial charge in [0.2, 0.25) is 0 Å². The Kier molecular flexibility index (Phi) is 5.63. The Morgan fingerprint density at radius 1 is 1.03 bits per heavy atom. The summed E-state index contributed by atoms with van der Waals surface area (Å²) in [6.07, 6.45) is 3.88. The topological polar surface area (TPSA) is 39.2 Å². The number of aromatic nitrogens is 1. The second-order valence-corrected chi connectivity index (χ2v) is 10.5. The number of allylic oxidation sites excluding steroid dienone is 1. The molecule has 0 unspecified atom stereocenters. The first-order chi connectivity index (χ1) is 15.9. The van der Waals surface area contributed by atoms with Gasteiger partial charge in [0.1, 0.15) is 6.61 Å². The van der Waals surface area contributed by atoms with Crippen LogP contribution in [0, 0.1) is 0 Å². The Labute approximate surface area is 198 Å². The van der Waals surface area contributed by atoms with Crippen LogP contribution in [0.1, 0.15) is 64.8 Å². The minimum atomic E-state index is -0.276. The van der Waals surface area contributed by atoms with Gasteiger partial charge < -0.3 is 4.74 Å². The maximum atomic E-state index is 13.4. The van der Waals surface area contributed by atoms with Crippen LogP contribution in [0.3, 0.4) is 0 Å². The standard InChI is InChI=1S/C29H27NO2S/c1-29(2,3)21-13-10-19(11-14-21)18-32-28(31)26-23-8-4-5-9-25(23)30-27-20(12-15-24(26)27)17-22-7-6-16-33-22/h4-11,13-14,16-17H,12,15,18H2,1-3H3. The molecule has 0 fully saturated rings. The van der Waals surface area contributed by atoms with Gasteiger partial charge in [-0.2, -0.15) is 0 Å². The minimum absolute atomic E-state index is 0.0973. The second-order valence-electron chi connectivity index (χ2n) is 9.54. The van der Waals surface area contributed by atoms with Gasteiger partial charge in [-0.1, -0.05) is 69.3 Å². The van der Waals surface area contributed by atoms with E-state index in [4.69, 9.17) is 9.72 Å². The van der Waals surface area contributed by atoms with Crippen LogP contribution < -0.4 is 0 Å². The number of carbonyl (C=O) groups excluding carboxylic acids is 1. The molecule has 2 heterocycles. The fourth-order valence-corrected chi connectivity index (χ4v) is 5.06. The zero-order valence-corrected chi connectivity index (χ0v) is 20.0. The van der Waals surface area contributed by atoms with Gasteiger partial charge in [0.25, 0.3) is 0 Å². The molecule has 0 radical (unpaired) electrons. The van der Waals surface area contributed by atoms with Crippen LogP contribution in [0.4, 0.5) is 0 Å². The summed E-state index contributed by atoms with van der Waals surface area (Å²) in [7, 11) is 0. The number of fused-ring (bicyclic) bond motifs is 2. The van der Waals surface area contributed by atoms with E-state index in [0.717, 1.165) is 40.6 Å². The summed E-state index contributed by atoms with van der Waals surface area (Å²) in [4.78, 5) is 19.5. The third-order valence-corrected chi connectivity index (χ3v) is 7.01. The maximum absolute atomic E-state index is 13.4. The summed E-state index contributed by atoms with van der Waals surface area (Å²) in [5, 5.41) is 2.94. The Bertz CT molecular complexity index is 1340. The fraction of sp³-hybridized carbons (Fsp3) is 0.241. The van der Waals surface area contributed by atoms with Crippen molar-refractivity contribution in [2.24, 2.45) is 0 Å². The lowest BCUT2D eigenvalue weighted by Gasteiger charge is -2.19. The molecule has 4 aromatic rings. The molecule has 2 aromatic carbocycles. The summed E-state index contributed by atoms with van der Waals surface area (Å²) in [5.74, 6) is -0.276. The molecule has 5 rings (SSSR count). The highest BCUT2D eigenvalue weighted by Crippen LogP contribution is 2.38. The van der Waals surface area contributed by atoms with E-state index in [1.807, 2.05) is 36.4 Å². The predicted molar refractivity (Wildman–Crippen MR) is 137 cm³/mol.